The third kappa shape index (κ3) is 3.84. The lowest BCUT2D eigenvalue weighted by molar-refractivity contribution is 0.0924. The predicted octanol–water partition coefficient (Wildman–Crippen LogP) is 2.32. The number of aromatic nitrogens is 1. The van der Waals surface area contributed by atoms with E-state index in [2.05, 4.69) is 10.3 Å². The third-order valence-electron chi connectivity index (χ3n) is 3.60. The molecule has 2 heterocycles. The van der Waals surface area contributed by atoms with Crippen molar-refractivity contribution in [3.63, 3.8) is 0 Å². The molecule has 0 aliphatic carbocycles. The van der Waals surface area contributed by atoms with Crippen LogP contribution in [0, 0.1) is 5.82 Å². The fourth-order valence-electron chi connectivity index (χ4n) is 2.35. The van der Waals surface area contributed by atoms with Crippen LogP contribution in [0.15, 0.2) is 42.6 Å². The Bertz CT molecular complexity index is 687. The number of benzene rings is 1. The molecule has 0 saturated carbocycles. The van der Waals surface area contributed by atoms with Crippen LogP contribution in [0.1, 0.15) is 22.3 Å². The molecule has 1 fully saturated rings. The van der Waals surface area contributed by atoms with E-state index in [0.717, 1.165) is 6.42 Å². The number of carbonyl (C=O) groups excluding carboxylic acids is 1. The van der Waals surface area contributed by atoms with Gasteiger partial charge in [0.15, 0.2) is 0 Å². The van der Waals surface area contributed by atoms with E-state index < -0.39 is 0 Å². The quantitative estimate of drug-likeness (QED) is 0.919. The third-order valence-corrected chi connectivity index (χ3v) is 3.60. The molecule has 2 aromatic rings. The summed E-state index contributed by atoms with van der Waals surface area (Å²) in [6.07, 6.45) is 2.32. The van der Waals surface area contributed by atoms with Crippen molar-refractivity contribution in [1.29, 1.82) is 0 Å². The van der Waals surface area contributed by atoms with E-state index in [4.69, 9.17) is 9.47 Å². The Balaban J connectivity index is 1.70. The summed E-state index contributed by atoms with van der Waals surface area (Å²) in [4.78, 5) is 16.4. The summed E-state index contributed by atoms with van der Waals surface area (Å²) in [6, 6.07) is 9.64. The molecular weight excluding hydrogens is 299 g/mol. The van der Waals surface area contributed by atoms with Crippen molar-refractivity contribution in [1.82, 2.24) is 10.3 Å². The number of hydrogen-bond donors (Lipinski definition) is 1. The zero-order chi connectivity index (χ0) is 16.1. The molecule has 1 aromatic heterocycles. The van der Waals surface area contributed by atoms with Crippen molar-refractivity contribution in [3.05, 3.63) is 59.5 Å². The molecule has 6 heteroatoms. The van der Waals surface area contributed by atoms with Gasteiger partial charge >= 0.3 is 0 Å². The summed E-state index contributed by atoms with van der Waals surface area (Å²) < 4.78 is 24.4. The molecule has 1 saturated heterocycles. The molecule has 1 amide bonds. The van der Waals surface area contributed by atoms with Crippen molar-refractivity contribution in [3.8, 4) is 5.88 Å². The van der Waals surface area contributed by atoms with E-state index >= 15 is 0 Å². The van der Waals surface area contributed by atoms with Crippen LogP contribution in [-0.4, -0.2) is 30.1 Å². The van der Waals surface area contributed by atoms with Crippen LogP contribution in [0.25, 0.3) is 0 Å². The van der Waals surface area contributed by atoms with Gasteiger partial charge in [0, 0.05) is 18.4 Å². The maximum absolute atomic E-state index is 13.6. The van der Waals surface area contributed by atoms with Crippen molar-refractivity contribution in [2.75, 3.05) is 13.2 Å². The lowest BCUT2D eigenvalue weighted by atomic mass is 10.2. The van der Waals surface area contributed by atoms with Crippen LogP contribution in [0.5, 0.6) is 5.88 Å². The highest BCUT2D eigenvalue weighted by atomic mass is 19.1. The van der Waals surface area contributed by atoms with Gasteiger partial charge in [0.2, 0.25) is 5.88 Å². The first kappa shape index (κ1) is 15.4. The second-order valence-electron chi connectivity index (χ2n) is 5.27. The van der Waals surface area contributed by atoms with E-state index in [0.29, 0.717) is 24.3 Å². The smallest absolute Gasteiger partial charge is 0.257 e. The van der Waals surface area contributed by atoms with Gasteiger partial charge in [-0.15, -0.1) is 0 Å². The van der Waals surface area contributed by atoms with Crippen molar-refractivity contribution >= 4 is 5.91 Å². The average Bonchev–Trinajstić information content (AvgIpc) is 3.07. The van der Waals surface area contributed by atoms with Crippen molar-refractivity contribution < 1.29 is 18.7 Å². The summed E-state index contributed by atoms with van der Waals surface area (Å²) in [7, 11) is 0. The zero-order valence-electron chi connectivity index (χ0n) is 12.5. The Morgan fingerprint density at radius 1 is 1.35 bits per heavy atom. The summed E-state index contributed by atoms with van der Waals surface area (Å²) in [5, 5.41) is 2.89. The molecule has 120 valence electrons. The summed E-state index contributed by atoms with van der Waals surface area (Å²) in [6.45, 7) is 1.17. The number of ether oxygens (including phenoxy) is 2. The predicted molar refractivity (Wildman–Crippen MR) is 81.7 cm³/mol. The van der Waals surface area contributed by atoms with Gasteiger partial charge in [0.05, 0.1) is 12.6 Å². The summed E-state index contributed by atoms with van der Waals surface area (Å²) in [5.74, 6) is -0.429. The lowest BCUT2D eigenvalue weighted by Crippen LogP contribution is -2.35. The van der Waals surface area contributed by atoms with Gasteiger partial charge in [-0.2, -0.15) is 0 Å². The summed E-state index contributed by atoms with van der Waals surface area (Å²) in [5.41, 5.74) is 0.740. The number of pyridine rings is 1. The minimum absolute atomic E-state index is 0.00197. The molecule has 23 heavy (non-hydrogen) atoms. The molecule has 3 rings (SSSR count). The zero-order valence-corrected chi connectivity index (χ0v) is 12.5. The molecule has 1 N–H and O–H groups in total. The number of hydrogen-bond acceptors (Lipinski definition) is 4. The van der Waals surface area contributed by atoms with Gasteiger partial charge in [0.1, 0.15) is 18.0 Å². The molecule has 0 unspecified atom stereocenters. The standard InChI is InChI=1S/C17H17FN2O3/c18-15-6-2-1-4-12(15)10-23-17-14(5-3-8-19-17)16(21)20-13-7-9-22-11-13/h1-6,8,13H,7,9-11H2,(H,20,21)/t13-/m1/s1. The highest BCUT2D eigenvalue weighted by Gasteiger charge is 2.21. The fourth-order valence-corrected chi connectivity index (χ4v) is 2.35. The average molecular weight is 316 g/mol. The van der Waals surface area contributed by atoms with Gasteiger partial charge in [-0.05, 0) is 24.6 Å². The topological polar surface area (TPSA) is 60.5 Å². The van der Waals surface area contributed by atoms with Crippen LogP contribution >= 0.6 is 0 Å². The highest BCUT2D eigenvalue weighted by molar-refractivity contribution is 5.96. The van der Waals surface area contributed by atoms with Gasteiger partial charge in [-0.3, -0.25) is 4.79 Å². The molecule has 0 radical (unpaired) electrons. The Hall–Kier alpha value is -2.47. The van der Waals surface area contributed by atoms with E-state index in [-0.39, 0.29) is 30.3 Å². The molecule has 1 aliphatic heterocycles. The Morgan fingerprint density at radius 2 is 2.22 bits per heavy atom. The first-order valence-electron chi connectivity index (χ1n) is 7.44. The number of nitrogens with zero attached hydrogens (tertiary/aromatic N) is 1. The largest absolute Gasteiger partial charge is 0.472 e. The number of nitrogens with one attached hydrogen (secondary N) is 1. The number of carbonyl (C=O) groups is 1. The molecule has 5 nitrogen and oxygen atoms in total. The van der Waals surface area contributed by atoms with E-state index in [1.165, 1.54) is 12.3 Å². The van der Waals surface area contributed by atoms with Crippen LogP contribution in [-0.2, 0) is 11.3 Å². The maximum Gasteiger partial charge on any atom is 0.257 e. The van der Waals surface area contributed by atoms with Gasteiger partial charge < -0.3 is 14.8 Å². The Morgan fingerprint density at radius 3 is 3.00 bits per heavy atom. The van der Waals surface area contributed by atoms with Crippen molar-refractivity contribution in [2.24, 2.45) is 0 Å². The second-order valence-corrected chi connectivity index (χ2v) is 5.27. The Labute approximate surface area is 133 Å². The molecule has 0 spiro atoms. The molecule has 0 bridgehead atoms. The molecular formula is C17H17FN2O3. The second kappa shape index (κ2) is 7.19. The monoisotopic (exact) mass is 316 g/mol. The van der Waals surface area contributed by atoms with Gasteiger partial charge in [-0.25, -0.2) is 9.37 Å². The highest BCUT2D eigenvalue weighted by Crippen LogP contribution is 2.18. The number of halogens is 1. The van der Waals surface area contributed by atoms with Crippen molar-refractivity contribution in [2.45, 2.75) is 19.1 Å². The van der Waals surface area contributed by atoms with Crippen LogP contribution < -0.4 is 10.1 Å². The van der Waals surface area contributed by atoms with Gasteiger partial charge in [0.25, 0.3) is 5.91 Å². The van der Waals surface area contributed by atoms with E-state index in [1.54, 1.807) is 30.3 Å². The maximum atomic E-state index is 13.6. The van der Waals surface area contributed by atoms with E-state index in [1.807, 2.05) is 0 Å². The van der Waals surface area contributed by atoms with Gasteiger partial charge in [-0.1, -0.05) is 18.2 Å². The number of rotatable bonds is 5. The SMILES string of the molecule is O=C(N[C@@H]1CCOC1)c1cccnc1OCc1ccccc1F. The normalized spacial score (nSPS) is 17.0. The van der Waals surface area contributed by atoms with Crippen LogP contribution in [0.3, 0.4) is 0 Å². The molecule has 1 atom stereocenters. The lowest BCUT2D eigenvalue weighted by Gasteiger charge is -2.13. The Kier molecular flexibility index (Phi) is 4.83. The summed E-state index contributed by atoms with van der Waals surface area (Å²) >= 11 is 0. The fraction of sp³-hybridized carbons (Fsp3) is 0.294. The molecule has 1 aliphatic rings. The first-order valence-corrected chi connectivity index (χ1v) is 7.44. The minimum Gasteiger partial charge on any atom is -0.472 e. The number of amides is 1. The van der Waals surface area contributed by atoms with E-state index in [9.17, 15) is 9.18 Å². The minimum atomic E-state index is -0.350. The molecule has 1 aromatic carbocycles. The van der Waals surface area contributed by atoms with Crippen LogP contribution in [0.4, 0.5) is 4.39 Å². The first-order chi connectivity index (χ1) is 11.2. The van der Waals surface area contributed by atoms with Crippen LogP contribution in [0.2, 0.25) is 0 Å².